The summed E-state index contributed by atoms with van der Waals surface area (Å²) in [7, 11) is 0. The number of halogens is 1. The minimum Gasteiger partial charge on any atom is -0.377 e. The molecule has 0 bridgehead atoms. The third kappa shape index (κ3) is 4.02. The van der Waals surface area contributed by atoms with Gasteiger partial charge >= 0.3 is 0 Å². The highest BCUT2D eigenvalue weighted by Gasteiger charge is 2.08. The number of aromatic nitrogens is 1. The molecular weight excluding hydrogens is 269 g/mol. The third-order valence-corrected chi connectivity index (χ3v) is 3.06. The summed E-state index contributed by atoms with van der Waals surface area (Å²) in [6.07, 6.45) is 1.20. The minimum absolute atomic E-state index is 0.0547. The Morgan fingerprint density at radius 1 is 1.24 bits per heavy atom. The van der Waals surface area contributed by atoms with Crippen LogP contribution in [0.2, 0.25) is 0 Å². The van der Waals surface area contributed by atoms with Crippen molar-refractivity contribution in [2.45, 2.75) is 19.9 Å². The van der Waals surface area contributed by atoms with Crippen molar-refractivity contribution in [3.05, 3.63) is 59.7 Å². The van der Waals surface area contributed by atoms with Crippen molar-refractivity contribution in [3.8, 4) is 0 Å². The molecule has 0 aliphatic carbocycles. The van der Waals surface area contributed by atoms with E-state index >= 15 is 0 Å². The van der Waals surface area contributed by atoms with Crippen LogP contribution in [0.5, 0.6) is 0 Å². The lowest BCUT2D eigenvalue weighted by Crippen LogP contribution is -2.22. The number of nitrogens with zero attached hydrogens (tertiary/aromatic N) is 1. The molecular formula is C16H18FN3O. The van der Waals surface area contributed by atoms with E-state index in [0.717, 1.165) is 11.4 Å². The molecule has 1 aromatic carbocycles. The van der Waals surface area contributed by atoms with Gasteiger partial charge in [0, 0.05) is 17.8 Å². The Balaban J connectivity index is 2.02. The molecule has 1 unspecified atom stereocenters. The van der Waals surface area contributed by atoms with Gasteiger partial charge in [-0.05, 0) is 50.2 Å². The Hall–Kier alpha value is -2.43. The van der Waals surface area contributed by atoms with Crippen molar-refractivity contribution < 1.29 is 9.18 Å². The van der Waals surface area contributed by atoms with Crippen LogP contribution in [-0.2, 0) is 0 Å². The molecule has 0 saturated heterocycles. The highest BCUT2D eigenvalue weighted by Crippen LogP contribution is 2.18. The van der Waals surface area contributed by atoms with Crippen molar-refractivity contribution in [2.24, 2.45) is 0 Å². The van der Waals surface area contributed by atoms with Crippen LogP contribution in [0.25, 0.3) is 0 Å². The van der Waals surface area contributed by atoms with Crippen LogP contribution in [-0.4, -0.2) is 17.4 Å². The molecule has 1 amide bonds. The first-order valence-electron chi connectivity index (χ1n) is 6.86. The second kappa shape index (κ2) is 6.83. The molecule has 0 fully saturated rings. The first-order valence-corrected chi connectivity index (χ1v) is 6.86. The van der Waals surface area contributed by atoms with Crippen LogP contribution in [0.3, 0.4) is 0 Å². The van der Waals surface area contributed by atoms with E-state index in [4.69, 9.17) is 0 Å². The summed E-state index contributed by atoms with van der Waals surface area (Å²) in [6, 6.07) is 10.2. The quantitative estimate of drug-likeness (QED) is 0.888. The van der Waals surface area contributed by atoms with Crippen LogP contribution in [0.4, 0.5) is 10.1 Å². The van der Waals surface area contributed by atoms with Crippen molar-refractivity contribution >= 4 is 11.6 Å². The Kier molecular flexibility index (Phi) is 4.87. The van der Waals surface area contributed by atoms with Gasteiger partial charge < -0.3 is 10.6 Å². The zero-order valence-corrected chi connectivity index (χ0v) is 12.1. The van der Waals surface area contributed by atoms with Crippen LogP contribution in [0, 0.1) is 5.82 Å². The Bertz CT molecular complexity index is 596. The highest BCUT2D eigenvalue weighted by molar-refractivity contribution is 5.94. The summed E-state index contributed by atoms with van der Waals surface area (Å²) in [5.41, 5.74) is 2.25. The fraction of sp³-hybridized carbons (Fsp3) is 0.250. The first-order chi connectivity index (χ1) is 10.1. The van der Waals surface area contributed by atoms with E-state index in [1.165, 1.54) is 12.3 Å². The number of hydrogen-bond acceptors (Lipinski definition) is 3. The number of carbonyl (C=O) groups is 1. The molecule has 0 aliphatic rings. The van der Waals surface area contributed by atoms with Gasteiger partial charge in [-0.1, -0.05) is 0 Å². The predicted molar refractivity (Wildman–Crippen MR) is 80.7 cm³/mol. The average molecular weight is 287 g/mol. The number of rotatable bonds is 5. The number of carbonyl (C=O) groups excluding carboxylic acids is 1. The summed E-state index contributed by atoms with van der Waals surface area (Å²) in [5.74, 6) is -0.436. The molecule has 2 aromatic rings. The largest absolute Gasteiger partial charge is 0.377 e. The average Bonchev–Trinajstić information content (AvgIpc) is 2.49. The lowest BCUT2D eigenvalue weighted by atomic mass is 10.1. The summed E-state index contributed by atoms with van der Waals surface area (Å²) in [4.78, 5) is 15.7. The molecule has 1 atom stereocenters. The molecule has 1 aromatic heterocycles. The van der Waals surface area contributed by atoms with E-state index in [1.54, 1.807) is 18.2 Å². The number of nitrogens with one attached hydrogen (secondary N) is 2. The lowest BCUT2D eigenvalue weighted by molar-refractivity contribution is 0.0956. The first kappa shape index (κ1) is 15.0. The summed E-state index contributed by atoms with van der Waals surface area (Å²) in [6.45, 7) is 4.43. The zero-order valence-electron chi connectivity index (χ0n) is 12.1. The topological polar surface area (TPSA) is 54.0 Å². The number of amides is 1. The molecule has 21 heavy (non-hydrogen) atoms. The Morgan fingerprint density at radius 2 is 1.95 bits per heavy atom. The fourth-order valence-corrected chi connectivity index (χ4v) is 1.95. The SMILES string of the molecule is CCNC(=O)c1ccc(NC(C)c2ccc(F)cn2)cc1. The van der Waals surface area contributed by atoms with E-state index in [2.05, 4.69) is 15.6 Å². The monoisotopic (exact) mass is 287 g/mol. The van der Waals surface area contributed by atoms with Gasteiger partial charge in [0.25, 0.3) is 5.91 Å². The zero-order chi connectivity index (χ0) is 15.2. The van der Waals surface area contributed by atoms with E-state index < -0.39 is 0 Å². The van der Waals surface area contributed by atoms with Gasteiger partial charge in [-0.15, -0.1) is 0 Å². The number of pyridine rings is 1. The van der Waals surface area contributed by atoms with Crippen LogP contribution >= 0.6 is 0 Å². The second-order valence-electron chi connectivity index (χ2n) is 4.70. The maximum atomic E-state index is 12.8. The van der Waals surface area contributed by atoms with Gasteiger partial charge in [0.05, 0.1) is 17.9 Å². The fourth-order valence-electron chi connectivity index (χ4n) is 1.95. The molecule has 2 N–H and O–H groups in total. The standard InChI is InChI=1S/C16H18FN3O/c1-3-18-16(21)12-4-7-14(8-5-12)20-11(2)15-9-6-13(17)10-19-15/h4-11,20H,3H2,1-2H3,(H,18,21). The number of benzene rings is 1. The molecule has 1 heterocycles. The highest BCUT2D eigenvalue weighted by atomic mass is 19.1. The maximum Gasteiger partial charge on any atom is 0.251 e. The smallest absolute Gasteiger partial charge is 0.251 e. The molecule has 0 saturated carbocycles. The maximum absolute atomic E-state index is 12.8. The third-order valence-electron chi connectivity index (χ3n) is 3.06. The van der Waals surface area contributed by atoms with Gasteiger partial charge in [0.1, 0.15) is 5.82 Å². The van der Waals surface area contributed by atoms with Gasteiger partial charge in [-0.3, -0.25) is 9.78 Å². The molecule has 0 spiro atoms. The van der Waals surface area contributed by atoms with Gasteiger partial charge in [0.15, 0.2) is 0 Å². The van der Waals surface area contributed by atoms with Crippen LogP contribution in [0.15, 0.2) is 42.6 Å². The number of hydrogen-bond donors (Lipinski definition) is 2. The molecule has 4 nitrogen and oxygen atoms in total. The molecule has 0 radical (unpaired) electrons. The van der Waals surface area contributed by atoms with Gasteiger partial charge in [0.2, 0.25) is 0 Å². The van der Waals surface area contributed by atoms with Gasteiger partial charge in [-0.2, -0.15) is 0 Å². The van der Waals surface area contributed by atoms with E-state index in [0.29, 0.717) is 12.1 Å². The van der Waals surface area contributed by atoms with Crippen LogP contribution in [0.1, 0.15) is 35.9 Å². The molecule has 110 valence electrons. The second-order valence-corrected chi connectivity index (χ2v) is 4.70. The van der Waals surface area contributed by atoms with Crippen molar-refractivity contribution in [1.82, 2.24) is 10.3 Å². The van der Waals surface area contributed by atoms with E-state index in [9.17, 15) is 9.18 Å². The van der Waals surface area contributed by atoms with E-state index in [1.807, 2.05) is 26.0 Å². The Morgan fingerprint density at radius 3 is 2.52 bits per heavy atom. The van der Waals surface area contributed by atoms with Crippen molar-refractivity contribution in [3.63, 3.8) is 0 Å². The Labute approximate surface area is 123 Å². The molecule has 0 aliphatic heterocycles. The normalized spacial score (nSPS) is 11.8. The summed E-state index contributed by atoms with van der Waals surface area (Å²) < 4.78 is 12.8. The molecule has 2 rings (SSSR count). The molecule has 5 heteroatoms. The predicted octanol–water partition coefficient (Wildman–Crippen LogP) is 3.14. The van der Waals surface area contributed by atoms with Gasteiger partial charge in [-0.25, -0.2) is 4.39 Å². The van der Waals surface area contributed by atoms with Crippen molar-refractivity contribution in [1.29, 1.82) is 0 Å². The summed E-state index contributed by atoms with van der Waals surface area (Å²) >= 11 is 0. The number of anilines is 1. The van der Waals surface area contributed by atoms with Crippen LogP contribution < -0.4 is 10.6 Å². The lowest BCUT2D eigenvalue weighted by Gasteiger charge is -2.15. The summed E-state index contributed by atoms with van der Waals surface area (Å²) in [5, 5.41) is 6.01. The van der Waals surface area contributed by atoms with Crippen molar-refractivity contribution in [2.75, 3.05) is 11.9 Å². The minimum atomic E-state index is -0.350. The van der Waals surface area contributed by atoms with E-state index in [-0.39, 0.29) is 17.8 Å².